The number of hydrogen-bond donors (Lipinski definition) is 0. The van der Waals surface area contributed by atoms with Gasteiger partial charge >= 0.3 is 20.4 Å². The number of aryl methyl sites for hydroxylation is 1. The molecule has 0 N–H and O–H groups in total. The van der Waals surface area contributed by atoms with Gasteiger partial charge in [-0.1, -0.05) is 112 Å². The molecule has 56 heavy (non-hydrogen) atoms. The molecular formula is C50H56N4OPd. The number of benzene rings is 4. The van der Waals surface area contributed by atoms with Gasteiger partial charge in [0.15, 0.2) is 0 Å². The Morgan fingerprint density at radius 1 is 0.661 bits per heavy atom. The van der Waals surface area contributed by atoms with Crippen LogP contribution < -0.4 is 4.74 Å². The van der Waals surface area contributed by atoms with Gasteiger partial charge in [0.05, 0.1) is 5.69 Å². The quantitative estimate of drug-likeness (QED) is 0.107. The third-order valence-electron chi connectivity index (χ3n) is 11.0. The molecule has 0 radical (unpaired) electrons. The van der Waals surface area contributed by atoms with Crippen LogP contribution in [0.2, 0.25) is 0 Å². The van der Waals surface area contributed by atoms with E-state index in [2.05, 4.69) is 178 Å². The molecule has 6 heteroatoms. The van der Waals surface area contributed by atoms with E-state index < -0.39 is 0 Å². The minimum Gasteiger partial charge on any atom is -0.509 e. The number of fused-ring (bicyclic) bond motifs is 3. The average molecular weight is 835 g/mol. The summed E-state index contributed by atoms with van der Waals surface area (Å²) in [6.07, 6.45) is 1.91. The molecule has 7 aromatic rings. The second kappa shape index (κ2) is 15.8. The van der Waals surface area contributed by atoms with Crippen molar-refractivity contribution in [2.45, 2.75) is 119 Å². The molecule has 0 bridgehead atoms. The van der Waals surface area contributed by atoms with Crippen LogP contribution >= 0.6 is 0 Å². The van der Waals surface area contributed by atoms with Gasteiger partial charge in [-0.2, -0.15) is 11.2 Å². The van der Waals surface area contributed by atoms with E-state index in [-0.39, 0.29) is 31.8 Å². The van der Waals surface area contributed by atoms with Crippen LogP contribution in [-0.2, 0) is 25.8 Å². The summed E-state index contributed by atoms with van der Waals surface area (Å²) >= 11 is 0. The SMILES string of the molecule is Cc1nn(-c2[c-]c(Oc3[c-]c4c(cc3)c3ccccc3n4-c3cc(C(C)(C)C)ccn3)cc(C(C)C)c2)c(C)c1-c1c(C(C)C)cc(C(C)C)cc1C(C)C.[Pd+2]. The molecule has 0 saturated carbocycles. The maximum Gasteiger partial charge on any atom is 2.00 e. The van der Waals surface area contributed by atoms with Gasteiger partial charge in [0.1, 0.15) is 5.82 Å². The average Bonchev–Trinajstić information content (AvgIpc) is 3.62. The molecule has 0 aliphatic rings. The van der Waals surface area contributed by atoms with Crippen molar-refractivity contribution in [3.8, 4) is 34.1 Å². The van der Waals surface area contributed by atoms with Crippen molar-refractivity contribution < 1.29 is 25.2 Å². The molecule has 4 aromatic carbocycles. The van der Waals surface area contributed by atoms with E-state index in [0.29, 0.717) is 29.3 Å². The van der Waals surface area contributed by atoms with Crippen LogP contribution in [0, 0.1) is 26.0 Å². The van der Waals surface area contributed by atoms with Gasteiger partial charge < -0.3 is 9.30 Å². The Balaban J connectivity index is 0.00000532. The Hall–Kier alpha value is -4.50. The Morgan fingerprint density at radius 3 is 1.93 bits per heavy atom. The van der Waals surface area contributed by atoms with Crippen molar-refractivity contribution in [2.75, 3.05) is 0 Å². The Bertz CT molecular complexity index is 2510. The molecule has 0 saturated heterocycles. The first-order valence-corrected chi connectivity index (χ1v) is 20.0. The summed E-state index contributed by atoms with van der Waals surface area (Å²) < 4.78 is 11.0. The largest absolute Gasteiger partial charge is 2.00 e. The maximum atomic E-state index is 6.72. The standard InChI is InChI=1S/C50H56N4O.Pd/c1-29(2)35-22-38(54-34(10)48(33(9)52-54)49-43(31(5)6)24-36(30(3)4)25-44(49)32(7)8)27-40(23-35)55-39-18-19-42-41-16-14-15-17-45(41)53(46(42)28-39)47-26-37(20-21-51-47)50(11,12)13;/h14-26,29-32H,1-13H3;/q-2;+2. The summed E-state index contributed by atoms with van der Waals surface area (Å²) in [6, 6.07) is 33.3. The van der Waals surface area contributed by atoms with Gasteiger partial charge in [0, 0.05) is 34.5 Å². The Kier molecular flexibility index (Phi) is 11.6. The third-order valence-corrected chi connectivity index (χ3v) is 11.0. The van der Waals surface area contributed by atoms with Crippen molar-refractivity contribution in [3.05, 3.63) is 130 Å². The first-order valence-electron chi connectivity index (χ1n) is 20.0. The molecule has 0 spiro atoms. The van der Waals surface area contributed by atoms with Gasteiger partial charge in [-0.3, -0.25) is 4.68 Å². The van der Waals surface area contributed by atoms with E-state index in [1.54, 1.807) is 0 Å². The van der Waals surface area contributed by atoms with Crippen molar-refractivity contribution in [2.24, 2.45) is 0 Å². The van der Waals surface area contributed by atoms with Crippen LogP contribution in [0.3, 0.4) is 0 Å². The van der Waals surface area contributed by atoms with Crippen LogP contribution in [0.25, 0.3) is 44.4 Å². The molecule has 292 valence electrons. The van der Waals surface area contributed by atoms with Gasteiger partial charge in [0.2, 0.25) is 0 Å². The Morgan fingerprint density at radius 2 is 1.30 bits per heavy atom. The summed E-state index contributed by atoms with van der Waals surface area (Å²) in [5.41, 5.74) is 14.1. The maximum absolute atomic E-state index is 6.72. The smallest absolute Gasteiger partial charge is 0.509 e. The fraction of sp³-hybridized carbons (Fsp3) is 0.360. The number of ether oxygens (including phenoxy) is 1. The van der Waals surface area contributed by atoms with Crippen LogP contribution in [0.4, 0.5) is 0 Å². The number of rotatable bonds is 9. The predicted octanol–water partition coefficient (Wildman–Crippen LogP) is 13.8. The van der Waals surface area contributed by atoms with E-state index in [9.17, 15) is 0 Å². The van der Waals surface area contributed by atoms with Crippen molar-refractivity contribution in [3.63, 3.8) is 0 Å². The fourth-order valence-corrected chi connectivity index (χ4v) is 7.83. The van der Waals surface area contributed by atoms with E-state index in [4.69, 9.17) is 14.8 Å². The molecule has 0 fully saturated rings. The number of nitrogens with zero attached hydrogens (tertiary/aromatic N) is 4. The zero-order valence-electron chi connectivity index (χ0n) is 35.3. The minimum absolute atomic E-state index is 0. The van der Waals surface area contributed by atoms with Crippen molar-refractivity contribution >= 4 is 21.8 Å². The molecule has 0 atom stereocenters. The Labute approximate surface area is 348 Å². The van der Waals surface area contributed by atoms with Crippen molar-refractivity contribution in [1.29, 1.82) is 0 Å². The summed E-state index contributed by atoms with van der Waals surface area (Å²) in [7, 11) is 0. The summed E-state index contributed by atoms with van der Waals surface area (Å²) in [5.74, 6) is 3.58. The number of pyridine rings is 1. The second-order valence-corrected chi connectivity index (χ2v) is 17.5. The molecule has 3 aromatic heterocycles. The monoisotopic (exact) mass is 834 g/mol. The molecule has 5 nitrogen and oxygen atoms in total. The summed E-state index contributed by atoms with van der Waals surface area (Å²) in [6.45, 7) is 29.2. The zero-order valence-corrected chi connectivity index (χ0v) is 36.9. The molecule has 0 unspecified atom stereocenters. The number of hydrogen-bond acceptors (Lipinski definition) is 3. The number of aromatic nitrogens is 4. The van der Waals surface area contributed by atoms with Crippen LogP contribution in [0.1, 0.15) is 139 Å². The van der Waals surface area contributed by atoms with E-state index >= 15 is 0 Å². The molecule has 0 aliphatic carbocycles. The van der Waals surface area contributed by atoms with Crippen LogP contribution in [0.5, 0.6) is 11.5 Å². The molecule has 0 amide bonds. The van der Waals surface area contributed by atoms with E-state index in [1.807, 2.05) is 12.3 Å². The minimum atomic E-state index is -0.0124. The normalized spacial score (nSPS) is 12.2. The number of para-hydroxylation sites is 1. The summed E-state index contributed by atoms with van der Waals surface area (Å²) in [5, 5.41) is 7.46. The van der Waals surface area contributed by atoms with Gasteiger partial charge in [0.25, 0.3) is 0 Å². The topological polar surface area (TPSA) is 44.9 Å². The molecular weight excluding hydrogens is 779 g/mol. The van der Waals surface area contributed by atoms with Gasteiger partial charge in [-0.05, 0) is 100 Å². The van der Waals surface area contributed by atoms with Crippen molar-refractivity contribution in [1.82, 2.24) is 19.3 Å². The second-order valence-electron chi connectivity index (χ2n) is 17.5. The van der Waals surface area contributed by atoms with Crippen LogP contribution in [0.15, 0.2) is 79.0 Å². The van der Waals surface area contributed by atoms with Gasteiger partial charge in [-0.25, -0.2) is 4.98 Å². The first kappa shape index (κ1) is 41.1. The van der Waals surface area contributed by atoms with E-state index in [1.165, 1.54) is 33.4 Å². The summed E-state index contributed by atoms with van der Waals surface area (Å²) in [4.78, 5) is 4.85. The fourth-order valence-electron chi connectivity index (χ4n) is 7.83. The zero-order chi connectivity index (χ0) is 39.5. The molecule has 0 aliphatic heterocycles. The predicted molar refractivity (Wildman–Crippen MR) is 230 cm³/mol. The van der Waals surface area contributed by atoms with Gasteiger partial charge in [-0.15, -0.1) is 41.3 Å². The van der Waals surface area contributed by atoms with Crippen LogP contribution in [-0.4, -0.2) is 19.3 Å². The molecule has 3 heterocycles. The third kappa shape index (κ3) is 7.63. The first-order chi connectivity index (χ1) is 26.0. The van der Waals surface area contributed by atoms with E-state index in [0.717, 1.165) is 50.3 Å². The molecule has 7 rings (SSSR count).